The third-order valence-electron chi connectivity index (χ3n) is 6.69. The number of nitrogens with zero attached hydrogens (tertiary/aromatic N) is 3. The van der Waals surface area contributed by atoms with Gasteiger partial charge in [-0.15, -0.1) is 0 Å². The highest BCUT2D eigenvalue weighted by atomic mass is 16.5. The molecular formula is C23H32N4O3. The molecule has 3 atom stereocenters. The molecule has 1 saturated carbocycles. The first-order valence-corrected chi connectivity index (χ1v) is 10.9. The summed E-state index contributed by atoms with van der Waals surface area (Å²) in [6, 6.07) is 10.6. The second-order valence-corrected chi connectivity index (χ2v) is 8.52. The molecule has 0 radical (unpaired) electrons. The molecule has 4 rings (SSSR count). The van der Waals surface area contributed by atoms with Crippen LogP contribution in [0.2, 0.25) is 0 Å². The maximum Gasteiger partial charge on any atom is 0.240 e. The van der Waals surface area contributed by atoms with Gasteiger partial charge in [0.15, 0.2) is 0 Å². The summed E-state index contributed by atoms with van der Waals surface area (Å²) in [5.74, 6) is -0.0159. The van der Waals surface area contributed by atoms with Gasteiger partial charge in [-0.1, -0.05) is 30.3 Å². The van der Waals surface area contributed by atoms with Gasteiger partial charge in [0, 0.05) is 43.5 Å². The van der Waals surface area contributed by atoms with Gasteiger partial charge in [-0.25, -0.2) is 4.98 Å². The van der Waals surface area contributed by atoms with Crippen LogP contribution >= 0.6 is 0 Å². The van der Waals surface area contributed by atoms with Crippen LogP contribution in [-0.4, -0.2) is 70.5 Å². The molecule has 1 saturated heterocycles. The van der Waals surface area contributed by atoms with Crippen LogP contribution in [0.4, 0.5) is 0 Å². The fourth-order valence-electron chi connectivity index (χ4n) is 4.92. The van der Waals surface area contributed by atoms with Crippen molar-refractivity contribution in [1.82, 2.24) is 19.8 Å². The van der Waals surface area contributed by atoms with Crippen molar-refractivity contribution in [2.45, 2.75) is 49.8 Å². The van der Waals surface area contributed by atoms with Crippen LogP contribution in [0.15, 0.2) is 49.1 Å². The number of imidazole rings is 1. The summed E-state index contributed by atoms with van der Waals surface area (Å²) in [6.45, 7) is 4.06. The Kier molecular flexibility index (Phi) is 6.82. The minimum absolute atomic E-state index is 0.0159. The van der Waals surface area contributed by atoms with Gasteiger partial charge in [-0.2, -0.15) is 0 Å². The Bertz CT molecular complexity index is 792. The lowest BCUT2D eigenvalue weighted by Crippen LogP contribution is -2.48. The first-order valence-electron chi connectivity index (χ1n) is 10.9. The van der Waals surface area contributed by atoms with E-state index in [4.69, 9.17) is 4.74 Å². The van der Waals surface area contributed by atoms with Crippen LogP contribution in [-0.2, 0) is 21.5 Å². The summed E-state index contributed by atoms with van der Waals surface area (Å²) in [4.78, 5) is 18.9. The van der Waals surface area contributed by atoms with Gasteiger partial charge < -0.3 is 19.7 Å². The van der Waals surface area contributed by atoms with Crippen LogP contribution in [0, 0.1) is 0 Å². The zero-order valence-corrected chi connectivity index (χ0v) is 17.4. The van der Waals surface area contributed by atoms with Gasteiger partial charge in [0.05, 0.1) is 25.6 Å². The molecular weight excluding hydrogens is 380 g/mol. The Morgan fingerprint density at radius 2 is 1.97 bits per heavy atom. The number of aliphatic hydroxyl groups excluding tert-OH is 1. The monoisotopic (exact) mass is 412 g/mol. The number of hydrogen-bond donors (Lipinski definition) is 2. The average molecular weight is 413 g/mol. The van der Waals surface area contributed by atoms with Crippen LogP contribution < -0.4 is 5.32 Å². The second kappa shape index (κ2) is 9.73. The Hall–Kier alpha value is -2.22. The van der Waals surface area contributed by atoms with E-state index in [9.17, 15) is 9.90 Å². The lowest BCUT2D eigenvalue weighted by molar-refractivity contribution is -0.122. The summed E-state index contributed by atoms with van der Waals surface area (Å²) in [5, 5.41) is 14.1. The Balaban J connectivity index is 1.49. The second-order valence-electron chi connectivity index (χ2n) is 8.52. The fraction of sp³-hybridized carbons (Fsp3) is 0.565. The van der Waals surface area contributed by atoms with Gasteiger partial charge in [0.2, 0.25) is 5.91 Å². The van der Waals surface area contributed by atoms with Crippen molar-refractivity contribution in [3.8, 4) is 0 Å². The SMILES string of the molecule is O=C(Cn1ccnc1)NC[C@]1(c2ccccc2)CC[C@H](O)[C@@H](N2CCOCC2)CC1. The summed E-state index contributed by atoms with van der Waals surface area (Å²) in [7, 11) is 0. The predicted molar refractivity (Wildman–Crippen MR) is 114 cm³/mol. The standard InChI is InChI=1S/C23H32N4O3/c28-21-7-9-23(19-4-2-1-3-5-19,8-6-20(21)27-12-14-30-15-13-27)17-25-22(29)16-26-11-10-24-18-26/h1-5,10-11,18,20-21,28H,6-9,12-17H2,(H,25,29)/t20-,21-,23+/m0/s1. The number of carbonyl (C=O) groups is 1. The number of rotatable bonds is 6. The van der Waals surface area contributed by atoms with Crippen molar-refractivity contribution in [1.29, 1.82) is 0 Å². The average Bonchev–Trinajstić information content (AvgIpc) is 3.23. The van der Waals surface area contributed by atoms with E-state index in [0.29, 0.717) is 6.54 Å². The number of nitrogens with one attached hydrogen (secondary N) is 1. The van der Waals surface area contributed by atoms with Crippen LogP contribution in [0.25, 0.3) is 0 Å². The molecule has 1 aliphatic carbocycles. The van der Waals surface area contributed by atoms with E-state index in [1.165, 1.54) is 5.56 Å². The number of ether oxygens (including phenoxy) is 1. The summed E-state index contributed by atoms with van der Waals surface area (Å²) >= 11 is 0. The smallest absolute Gasteiger partial charge is 0.240 e. The molecule has 30 heavy (non-hydrogen) atoms. The molecule has 0 spiro atoms. The molecule has 0 bridgehead atoms. The molecule has 7 nitrogen and oxygen atoms in total. The summed E-state index contributed by atoms with van der Waals surface area (Å²) < 4.78 is 7.27. The van der Waals surface area contributed by atoms with Crippen LogP contribution in [0.3, 0.4) is 0 Å². The first-order chi connectivity index (χ1) is 14.7. The molecule has 2 aromatic rings. The molecule has 7 heteroatoms. The minimum Gasteiger partial charge on any atom is -0.391 e. The Labute approximate surface area is 178 Å². The highest BCUT2D eigenvalue weighted by Gasteiger charge is 2.40. The van der Waals surface area contributed by atoms with Gasteiger partial charge >= 0.3 is 0 Å². The molecule has 2 aliphatic rings. The van der Waals surface area contributed by atoms with E-state index in [0.717, 1.165) is 52.0 Å². The third kappa shape index (κ3) is 4.91. The maximum atomic E-state index is 12.6. The summed E-state index contributed by atoms with van der Waals surface area (Å²) in [5.41, 5.74) is 1.07. The Morgan fingerprint density at radius 1 is 1.20 bits per heavy atom. The van der Waals surface area contributed by atoms with Crippen molar-refractivity contribution in [2.24, 2.45) is 0 Å². The zero-order chi connectivity index (χ0) is 20.8. The van der Waals surface area contributed by atoms with E-state index in [1.807, 2.05) is 6.07 Å². The number of aromatic nitrogens is 2. The third-order valence-corrected chi connectivity index (χ3v) is 6.69. The highest BCUT2D eigenvalue weighted by molar-refractivity contribution is 5.75. The zero-order valence-electron chi connectivity index (χ0n) is 17.4. The van der Waals surface area contributed by atoms with E-state index in [1.54, 1.807) is 23.3 Å². The molecule has 1 amide bonds. The molecule has 1 aliphatic heterocycles. The molecule has 2 heterocycles. The number of amides is 1. The normalized spacial score (nSPS) is 28.0. The number of carbonyl (C=O) groups excluding carboxylic acids is 1. The van der Waals surface area contributed by atoms with Crippen molar-refractivity contribution in [2.75, 3.05) is 32.8 Å². The fourth-order valence-corrected chi connectivity index (χ4v) is 4.92. The number of morpholine rings is 1. The number of benzene rings is 1. The summed E-state index contributed by atoms with van der Waals surface area (Å²) in [6.07, 6.45) is 8.20. The molecule has 162 valence electrons. The number of hydrogen-bond acceptors (Lipinski definition) is 5. The van der Waals surface area contributed by atoms with Gasteiger partial charge in [0.25, 0.3) is 0 Å². The largest absolute Gasteiger partial charge is 0.391 e. The van der Waals surface area contributed by atoms with E-state index >= 15 is 0 Å². The van der Waals surface area contributed by atoms with E-state index in [2.05, 4.69) is 39.5 Å². The highest BCUT2D eigenvalue weighted by Crippen LogP contribution is 2.39. The van der Waals surface area contributed by atoms with Gasteiger partial charge in [0.1, 0.15) is 6.54 Å². The molecule has 0 unspecified atom stereocenters. The predicted octanol–water partition coefficient (Wildman–Crippen LogP) is 1.57. The van der Waals surface area contributed by atoms with Crippen LogP contribution in [0.5, 0.6) is 0 Å². The van der Waals surface area contributed by atoms with Gasteiger partial charge in [-0.05, 0) is 31.2 Å². The Morgan fingerprint density at radius 3 is 2.70 bits per heavy atom. The topological polar surface area (TPSA) is 79.6 Å². The maximum absolute atomic E-state index is 12.6. The van der Waals surface area contributed by atoms with Crippen LogP contribution in [0.1, 0.15) is 31.2 Å². The quantitative estimate of drug-likeness (QED) is 0.704. The van der Waals surface area contributed by atoms with Crippen molar-refractivity contribution in [3.63, 3.8) is 0 Å². The van der Waals surface area contributed by atoms with E-state index < -0.39 is 0 Å². The molecule has 2 N–H and O–H groups in total. The molecule has 1 aromatic heterocycles. The van der Waals surface area contributed by atoms with Gasteiger partial charge in [-0.3, -0.25) is 9.69 Å². The first kappa shape index (κ1) is 21.0. The molecule has 2 fully saturated rings. The van der Waals surface area contributed by atoms with E-state index in [-0.39, 0.29) is 30.0 Å². The van der Waals surface area contributed by atoms with Crippen molar-refractivity contribution >= 4 is 5.91 Å². The lowest BCUT2D eigenvalue weighted by atomic mass is 9.74. The van der Waals surface area contributed by atoms with Crippen molar-refractivity contribution < 1.29 is 14.6 Å². The number of aliphatic hydroxyl groups is 1. The lowest BCUT2D eigenvalue weighted by Gasteiger charge is -2.37. The minimum atomic E-state index is -0.352. The van der Waals surface area contributed by atoms with Crippen molar-refractivity contribution in [3.05, 3.63) is 54.6 Å². The molecule has 1 aromatic carbocycles.